The monoisotopic (exact) mass is 478 g/mol. The van der Waals surface area contributed by atoms with Gasteiger partial charge in [0, 0.05) is 23.4 Å². The highest BCUT2D eigenvalue weighted by molar-refractivity contribution is 9.10. The van der Waals surface area contributed by atoms with Gasteiger partial charge in [-0.15, -0.1) is 0 Å². The molecule has 3 rings (SSSR count). The average Bonchev–Trinajstić information content (AvgIpc) is 3.08. The number of anilines is 1. The minimum absolute atomic E-state index is 0.199. The number of amides is 1. The van der Waals surface area contributed by atoms with E-state index in [1.54, 1.807) is 48.3 Å². The van der Waals surface area contributed by atoms with Crippen molar-refractivity contribution in [3.8, 4) is 11.5 Å². The standard InChI is InChI=1S/C19H16BrClN4O4/c1-12(10-24-11-13(20)9-22-24)19(26)23-15-6-16(25(27)28)8-18(7-15)29-17-4-2-14(21)3-5-17/h2-9,11-12H,10H2,1H3,(H,23,26). The number of carbonyl (C=O) groups is 1. The molecule has 0 bridgehead atoms. The Morgan fingerprint density at radius 3 is 2.66 bits per heavy atom. The van der Waals surface area contributed by atoms with Crippen LogP contribution < -0.4 is 10.1 Å². The van der Waals surface area contributed by atoms with Crippen molar-refractivity contribution in [2.24, 2.45) is 5.92 Å². The molecule has 0 fully saturated rings. The van der Waals surface area contributed by atoms with E-state index in [2.05, 4.69) is 26.3 Å². The Morgan fingerprint density at radius 1 is 1.31 bits per heavy atom. The number of aromatic nitrogens is 2. The van der Waals surface area contributed by atoms with Gasteiger partial charge < -0.3 is 10.1 Å². The van der Waals surface area contributed by atoms with Crippen LogP contribution in [0.3, 0.4) is 0 Å². The number of nitrogens with zero attached hydrogens (tertiary/aromatic N) is 3. The number of rotatable bonds is 7. The number of hydrogen-bond acceptors (Lipinski definition) is 5. The van der Waals surface area contributed by atoms with Crippen molar-refractivity contribution in [1.29, 1.82) is 0 Å². The molecule has 3 aromatic rings. The van der Waals surface area contributed by atoms with E-state index < -0.39 is 10.8 Å². The minimum atomic E-state index is -0.547. The van der Waals surface area contributed by atoms with Crippen LogP contribution in [0.1, 0.15) is 6.92 Å². The van der Waals surface area contributed by atoms with Crippen LogP contribution in [0.5, 0.6) is 11.5 Å². The number of non-ortho nitro benzene ring substituents is 1. The Hall–Kier alpha value is -2.91. The number of nitro groups is 1. The van der Waals surface area contributed by atoms with Crippen molar-refractivity contribution < 1.29 is 14.5 Å². The maximum Gasteiger partial charge on any atom is 0.275 e. The highest BCUT2D eigenvalue weighted by atomic mass is 79.9. The van der Waals surface area contributed by atoms with Gasteiger partial charge in [-0.2, -0.15) is 5.10 Å². The molecular formula is C19H16BrClN4O4. The van der Waals surface area contributed by atoms with Crippen LogP contribution in [-0.2, 0) is 11.3 Å². The molecule has 2 aromatic carbocycles. The molecule has 1 aromatic heterocycles. The third-order valence-corrected chi connectivity index (χ3v) is 4.59. The summed E-state index contributed by atoms with van der Waals surface area (Å²) in [4.78, 5) is 23.2. The first-order chi connectivity index (χ1) is 13.8. The van der Waals surface area contributed by atoms with Gasteiger partial charge in [0.25, 0.3) is 5.69 Å². The molecule has 0 spiro atoms. The molecule has 1 unspecified atom stereocenters. The van der Waals surface area contributed by atoms with Crippen LogP contribution in [0.2, 0.25) is 5.02 Å². The van der Waals surface area contributed by atoms with Crippen molar-refractivity contribution in [1.82, 2.24) is 9.78 Å². The highest BCUT2D eigenvalue weighted by Crippen LogP contribution is 2.30. The van der Waals surface area contributed by atoms with Gasteiger partial charge >= 0.3 is 0 Å². The van der Waals surface area contributed by atoms with Crippen molar-refractivity contribution in [2.45, 2.75) is 13.5 Å². The molecule has 0 radical (unpaired) electrons. The Labute approximate surface area is 179 Å². The summed E-state index contributed by atoms with van der Waals surface area (Å²) in [6, 6.07) is 10.7. The number of halogens is 2. The van der Waals surface area contributed by atoms with Gasteiger partial charge in [-0.1, -0.05) is 18.5 Å². The molecule has 0 saturated heterocycles. The van der Waals surface area contributed by atoms with Crippen molar-refractivity contribution in [3.63, 3.8) is 0 Å². The fourth-order valence-electron chi connectivity index (χ4n) is 2.53. The summed E-state index contributed by atoms with van der Waals surface area (Å²) in [5, 5.41) is 18.6. The van der Waals surface area contributed by atoms with E-state index in [4.69, 9.17) is 16.3 Å². The van der Waals surface area contributed by atoms with E-state index in [-0.39, 0.29) is 23.0 Å². The summed E-state index contributed by atoms with van der Waals surface area (Å²) in [7, 11) is 0. The van der Waals surface area contributed by atoms with Gasteiger partial charge in [0.1, 0.15) is 11.5 Å². The summed E-state index contributed by atoms with van der Waals surface area (Å²) in [5.41, 5.74) is 0.0667. The summed E-state index contributed by atoms with van der Waals surface area (Å²) < 4.78 is 8.12. The Morgan fingerprint density at radius 2 is 2.03 bits per heavy atom. The van der Waals surface area contributed by atoms with Crippen molar-refractivity contribution >= 4 is 44.8 Å². The van der Waals surface area contributed by atoms with Crippen molar-refractivity contribution in [3.05, 3.63) is 74.5 Å². The highest BCUT2D eigenvalue weighted by Gasteiger charge is 2.17. The Balaban J connectivity index is 1.76. The van der Waals surface area contributed by atoms with Crippen LogP contribution in [0.15, 0.2) is 59.3 Å². The van der Waals surface area contributed by atoms with Gasteiger partial charge in [-0.25, -0.2) is 0 Å². The normalized spacial score (nSPS) is 11.7. The molecule has 1 heterocycles. The maximum atomic E-state index is 12.5. The first-order valence-corrected chi connectivity index (χ1v) is 9.69. The zero-order valence-electron chi connectivity index (χ0n) is 15.2. The number of nitrogens with one attached hydrogen (secondary N) is 1. The number of carbonyl (C=O) groups excluding carboxylic acids is 1. The smallest absolute Gasteiger partial charge is 0.275 e. The van der Waals surface area contributed by atoms with E-state index in [0.29, 0.717) is 17.3 Å². The topological polar surface area (TPSA) is 99.3 Å². The molecule has 1 atom stereocenters. The Kier molecular flexibility index (Phi) is 6.50. The molecule has 0 aliphatic rings. The number of ether oxygens (including phenoxy) is 1. The SMILES string of the molecule is CC(Cn1cc(Br)cn1)C(=O)Nc1cc(Oc2ccc(Cl)cc2)cc([N+](=O)[O-])c1. The van der Waals surface area contributed by atoms with E-state index in [0.717, 1.165) is 4.47 Å². The van der Waals surface area contributed by atoms with Crippen LogP contribution in [0, 0.1) is 16.0 Å². The summed E-state index contributed by atoms with van der Waals surface area (Å²) in [6.45, 7) is 2.11. The lowest BCUT2D eigenvalue weighted by atomic mass is 10.1. The quantitative estimate of drug-likeness (QED) is 0.367. The second kappa shape index (κ2) is 9.06. The predicted molar refractivity (Wildman–Crippen MR) is 112 cm³/mol. The van der Waals surface area contributed by atoms with Gasteiger partial charge in [0.2, 0.25) is 5.91 Å². The molecule has 8 nitrogen and oxygen atoms in total. The minimum Gasteiger partial charge on any atom is -0.457 e. The molecule has 29 heavy (non-hydrogen) atoms. The predicted octanol–water partition coefficient (Wildman–Crippen LogP) is 5.27. The third kappa shape index (κ3) is 5.78. The van der Waals surface area contributed by atoms with Crippen molar-refractivity contribution in [2.75, 3.05) is 5.32 Å². The van der Waals surface area contributed by atoms with E-state index in [1.165, 1.54) is 18.2 Å². The molecule has 10 heteroatoms. The largest absolute Gasteiger partial charge is 0.457 e. The van der Waals surface area contributed by atoms with Gasteiger partial charge in [-0.05, 0) is 40.2 Å². The molecule has 0 aliphatic heterocycles. The molecule has 0 aliphatic carbocycles. The molecule has 0 saturated carbocycles. The van der Waals surface area contributed by atoms with E-state index >= 15 is 0 Å². The van der Waals surface area contributed by atoms with Crippen LogP contribution in [-0.4, -0.2) is 20.6 Å². The Bertz CT molecular complexity index is 1040. The maximum absolute atomic E-state index is 12.5. The van der Waals surface area contributed by atoms with Gasteiger partial charge in [-0.3, -0.25) is 19.6 Å². The average molecular weight is 480 g/mol. The first kappa shape index (κ1) is 20.8. The first-order valence-electron chi connectivity index (χ1n) is 8.52. The zero-order chi connectivity index (χ0) is 21.0. The van der Waals surface area contributed by atoms with Crippen LogP contribution in [0.4, 0.5) is 11.4 Å². The second-order valence-electron chi connectivity index (χ2n) is 6.30. The lowest BCUT2D eigenvalue weighted by Gasteiger charge is -2.13. The fraction of sp³-hybridized carbons (Fsp3) is 0.158. The number of hydrogen-bond donors (Lipinski definition) is 1. The molecule has 1 amide bonds. The van der Waals surface area contributed by atoms with E-state index in [9.17, 15) is 14.9 Å². The zero-order valence-corrected chi connectivity index (χ0v) is 17.6. The molecule has 1 N–H and O–H groups in total. The number of nitro benzene ring substituents is 1. The summed E-state index contributed by atoms with van der Waals surface area (Å²) >= 11 is 9.16. The molecule has 150 valence electrons. The molecular weight excluding hydrogens is 464 g/mol. The lowest BCUT2D eigenvalue weighted by Crippen LogP contribution is -2.24. The summed E-state index contributed by atoms with van der Waals surface area (Å²) in [6.07, 6.45) is 3.39. The van der Waals surface area contributed by atoms with E-state index in [1.807, 2.05) is 0 Å². The fourth-order valence-corrected chi connectivity index (χ4v) is 2.98. The van der Waals surface area contributed by atoms with Gasteiger partial charge in [0.15, 0.2) is 0 Å². The van der Waals surface area contributed by atoms with Gasteiger partial charge in [0.05, 0.1) is 39.8 Å². The number of benzene rings is 2. The van der Waals surface area contributed by atoms with Crippen LogP contribution >= 0.6 is 27.5 Å². The van der Waals surface area contributed by atoms with Crippen LogP contribution in [0.25, 0.3) is 0 Å². The third-order valence-electron chi connectivity index (χ3n) is 3.93. The lowest BCUT2D eigenvalue weighted by molar-refractivity contribution is -0.384. The summed E-state index contributed by atoms with van der Waals surface area (Å²) in [5.74, 6) is -0.0263. The second-order valence-corrected chi connectivity index (χ2v) is 7.65.